The fourth-order valence-electron chi connectivity index (χ4n) is 1.56. The number of rotatable bonds is 7. The van der Waals surface area contributed by atoms with E-state index in [0.29, 0.717) is 5.69 Å². The lowest BCUT2D eigenvalue weighted by atomic mass is 10.2. The van der Waals surface area contributed by atoms with Gasteiger partial charge in [-0.25, -0.2) is 4.79 Å². The molecule has 0 fully saturated rings. The highest BCUT2D eigenvalue weighted by Crippen LogP contribution is 2.13. The summed E-state index contributed by atoms with van der Waals surface area (Å²) in [5, 5.41) is 15.3. The first-order chi connectivity index (χ1) is 10.8. The van der Waals surface area contributed by atoms with Crippen LogP contribution in [0, 0.1) is 0 Å². The lowest BCUT2D eigenvalue weighted by Crippen LogP contribution is -2.50. The van der Waals surface area contributed by atoms with Gasteiger partial charge in [-0.15, -0.1) is 0 Å². The minimum atomic E-state index is -1.28. The predicted octanol–water partition coefficient (Wildman–Crippen LogP) is 0.0154. The van der Waals surface area contributed by atoms with Crippen molar-refractivity contribution < 1.29 is 24.3 Å². The van der Waals surface area contributed by atoms with Gasteiger partial charge in [-0.3, -0.25) is 14.4 Å². The predicted molar refractivity (Wildman–Crippen MR) is 84.5 cm³/mol. The SMILES string of the molecule is NC(=O)CC(NC(=O)Nc1ccc(Br)cc1)C(=O)NCC(=O)O. The maximum absolute atomic E-state index is 11.8. The number of hydrogen-bond donors (Lipinski definition) is 5. The number of carboxylic acids is 1. The molecule has 0 spiro atoms. The van der Waals surface area contributed by atoms with Crippen LogP contribution in [0.4, 0.5) is 10.5 Å². The van der Waals surface area contributed by atoms with Crippen LogP contribution in [-0.4, -0.2) is 41.5 Å². The zero-order valence-electron chi connectivity index (χ0n) is 11.8. The van der Waals surface area contributed by atoms with Gasteiger partial charge in [-0.1, -0.05) is 15.9 Å². The zero-order valence-corrected chi connectivity index (χ0v) is 13.4. The molecule has 10 heteroatoms. The molecule has 1 unspecified atom stereocenters. The van der Waals surface area contributed by atoms with Gasteiger partial charge in [0.2, 0.25) is 11.8 Å². The Morgan fingerprint density at radius 2 is 1.78 bits per heavy atom. The summed E-state index contributed by atoms with van der Waals surface area (Å²) >= 11 is 3.25. The van der Waals surface area contributed by atoms with Crippen LogP contribution in [0.1, 0.15) is 6.42 Å². The molecule has 124 valence electrons. The van der Waals surface area contributed by atoms with Crippen molar-refractivity contribution in [2.24, 2.45) is 5.73 Å². The maximum atomic E-state index is 11.8. The minimum Gasteiger partial charge on any atom is -0.480 e. The van der Waals surface area contributed by atoms with Gasteiger partial charge in [-0.2, -0.15) is 0 Å². The van der Waals surface area contributed by atoms with Crippen LogP contribution in [-0.2, 0) is 14.4 Å². The van der Waals surface area contributed by atoms with Crippen molar-refractivity contribution in [3.8, 4) is 0 Å². The molecule has 0 saturated heterocycles. The highest BCUT2D eigenvalue weighted by Gasteiger charge is 2.23. The molecule has 0 saturated carbocycles. The molecule has 0 heterocycles. The first-order valence-corrected chi connectivity index (χ1v) is 7.18. The van der Waals surface area contributed by atoms with Crippen LogP contribution in [0.15, 0.2) is 28.7 Å². The second-order valence-corrected chi connectivity index (χ2v) is 5.36. The molecule has 0 aliphatic heterocycles. The van der Waals surface area contributed by atoms with Crippen molar-refractivity contribution in [2.75, 3.05) is 11.9 Å². The summed E-state index contributed by atoms with van der Waals surface area (Å²) in [6.07, 6.45) is -0.459. The van der Waals surface area contributed by atoms with Crippen molar-refractivity contribution in [3.63, 3.8) is 0 Å². The van der Waals surface area contributed by atoms with Crippen molar-refractivity contribution in [1.29, 1.82) is 0 Å². The van der Waals surface area contributed by atoms with E-state index in [9.17, 15) is 19.2 Å². The maximum Gasteiger partial charge on any atom is 0.322 e. The van der Waals surface area contributed by atoms with Crippen LogP contribution in [0.25, 0.3) is 0 Å². The average Bonchev–Trinajstić information content (AvgIpc) is 2.46. The van der Waals surface area contributed by atoms with E-state index in [0.717, 1.165) is 4.47 Å². The molecule has 0 bridgehead atoms. The van der Waals surface area contributed by atoms with E-state index < -0.39 is 42.8 Å². The van der Waals surface area contributed by atoms with Gasteiger partial charge in [0.15, 0.2) is 0 Å². The quantitative estimate of drug-likeness (QED) is 0.447. The molecule has 1 rings (SSSR count). The third kappa shape index (κ3) is 7.27. The first kappa shape index (κ1) is 18.4. The molecule has 1 atom stereocenters. The largest absolute Gasteiger partial charge is 0.480 e. The Balaban J connectivity index is 2.65. The summed E-state index contributed by atoms with van der Waals surface area (Å²) in [4.78, 5) is 45.0. The summed E-state index contributed by atoms with van der Waals surface area (Å²) < 4.78 is 0.822. The van der Waals surface area contributed by atoms with E-state index in [4.69, 9.17) is 10.8 Å². The summed E-state index contributed by atoms with van der Waals surface area (Å²) in [6.45, 7) is -0.635. The number of carbonyl (C=O) groups is 4. The molecule has 6 N–H and O–H groups in total. The Morgan fingerprint density at radius 1 is 1.17 bits per heavy atom. The topological polar surface area (TPSA) is 151 Å². The Labute approximate surface area is 139 Å². The molecule has 9 nitrogen and oxygen atoms in total. The molecule has 4 amide bonds. The highest BCUT2D eigenvalue weighted by molar-refractivity contribution is 9.10. The van der Waals surface area contributed by atoms with Crippen LogP contribution < -0.4 is 21.7 Å². The standard InChI is InChI=1S/C13H15BrN4O5/c14-7-1-3-8(4-2-7)17-13(23)18-9(5-10(15)19)12(22)16-6-11(20)21/h1-4,9H,5-6H2,(H2,15,19)(H,16,22)(H,20,21)(H2,17,18,23). The molecule has 1 aromatic rings. The van der Waals surface area contributed by atoms with Gasteiger partial charge >= 0.3 is 12.0 Å². The lowest BCUT2D eigenvalue weighted by Gasteiger charge is -2.17. The number of nitrogens with two attached hydrogens (primary N) is 1. The number of amides is 4. The van der Waals surface area contributed by atoms with Gasteiger partial charge in [0, 0.05) is 10.2 Å². The molecular formula is C13H15BrN4O5. The van der Waals surface area contributed by atoms with E-state index in [1.165, 1.54) is 0 Å². The lowest BCUT2D eigenvalue weighted by molar-refractivity contribution is -0.138. The third-order valence-corrected chi connectivity index (χ3v) is 3.07. The minimum absolute atomic E-state index is 0.459. The van der Waals surface area contributed by atoms with Crippen molar-refractivity contribution >= 4 is 45.4 Å². The van der Waals surface area contributed by atoms with Crippen molar-refractivity contribution in [3.05, 3.63) is 28.7 Å². The normalized spacial score (nSPS) is 11.2. The summed E-state index contributed by atoms with van der Waals surface area (Å²) in [7, 11) is 0. The number of anilines is 1. The number of carbonyl (C=O) groups excluding carboxylic acids is 3. The molecule has 23 heavy (non-hydrogen) atoms. The van der Waals surface area contributed by atoms with E-state index >= 15 is 0 Å². The third-order valence-electron chi connectivity index (χ3n) is 2.54. The molecular weight excluding hydrogens is 372 g/mol. The number of halogens is 1. The summed E-state index contributed by atoms with van der Waals surface area (Å²) in [5.41, 5.74) is 5.49. The van der Waals surface area contributed by atoms with Crippen molar-refractivity contribution in [1.82, 2.24) is 10.6 Å². The number of urea groups is 1. The molecule has 0 aromatic heterocycles. The number of benzene rings is 1. The fraction of sp³-hybridized carbons (Fsp3) is 0.231. The van der Waals surface area contributed by atoms with Crippen molar-refractivity contribution in [2.45, 2.75) is 12.5 Å². The van der Waals surface area contributed by atoms with Crippen LogP contribution in [0.3, 0.4) is 0 Å². The van der Waals surface area contributed by atoms with E-state index in [1.54, 1.807) is 24.3 Å². The van der Waals surface area contributed by atoms with E-state index in [1.807, 2.05) is 0 Å². The number of carboxylic acid groups (broad SMARTS) is 1. The molecule has 0 aliphatic carbocycles. The van der Waals surface area contributed by atoms with E-state index in [2.05, 4.69) is 31.9 Å². The molecule has 1 aromatic carbocycles. The van der Waals surface area contributed by atoms with Gasteiger partial charge in [0.25, 0.3) is 0 Å². The summed E-state index contributed by atoms with van der Waals surface area (Å²) in [6, 6.07) is 4.65. The highest BCUT2D eigenvalue weighted by atomic mass is 79.9. The van der Waals surface area contributed by atoms with Gasteiger partial charge < -0.3 is 26.8 Å². The zero-order chi connectivity index (χ0) is 17.4. The summed E-state index contributed by atoms with van der Waals surface area (Å²) in [5.74, 6) is -2.89. The smallest absolute Gasteiger partial charge is 0.322 e. The van der Waals surface area contributed by atoms with Crippen LogP contribution in [0.5, 0.6) is 0 Å². The second kappa shape index (κ2) is 8.73. The van der Waals surface area contributed by atoms with Gasteiger partial charge in [0.1, 0.15) is 12.6 Å². The Bertz CT molecular complexity index is 605. The fourth-order valence-corrected chi connectivity index (χ4v) is 1.82. The van der Waals surface area contributed by atoms with Crippen LogP contribution in [0.2, 0.25) is 0 Å². The Morgan fingerprint density at radius 3 is 2.30 bits per heavy atom. The number of nitrogens with one attached hydrogen (secondary N) is 3. The van der Waals surface area contributed by atoms with Gasteiger partial charge in [0.05, 0.1) is 6.42 Å². The van der Waals surface area contributed by atoms with Crippen LogP contribution >= 0.6 is 15.9 Å². The number of primary amides is 1. The van der Waals surface area contributed by atoms with E-state index in [-0.39, 0.29) is 0 Å². The van der Waals surface area contributed by atoms with Gasteiger partial charge in [-0.05, 0) is 24.3 Å². The number of aliphatic carboxylic acids is 1. The first-order valence-electron chi connectivity index (χ1n) is 6.39. The second-order valence-electron chi connectivity index (χ2n) is 4.44. The molecule has 0 aliphatic rings. The Kier molecular flexibility index (Phi) is 7.00. The average molecular weight is 387 g/mol. The molecule has 0 radical (unpaired) electrons. The number of hydrogen-bond acceptors (Lipinski definition) is 4. The monoisotopic (exact) mass is 386 g/mol. The Hall–Kier alpha value is -2.62.